The van der Waals surface area contributed by atoms with E-state index in [2.05, 4.69) is 50.3 Å². The molecule has 3 nitrogen and oxygen atoms in total. The number of rotatable bonds is 4. The van der Waals surface area contributed by atoms with Gasteiger partial charge in [-0.3, -0.25) is 0 Å². The first-order chi connectivity index (χ1) is 10.2. The molecule has 0 saturated heterocycles. The van der Waals surface area contributed by atoms with E-state index in [1.165, 1.54) is 4.88 Å². The van der Waals surface area contributed by atoms with Gasteiger partial charge < -0.3 is 5.32 Å². The molecule has 1 atom stereocenters. The van der Waals surface area contributed by atoms with E-state index < -0.39 is 0 Å². The Kier molecular flexibility index (Phi) is 4.31. The van der Waals surface area contributed by atoms with E-state index in [4.69, 9.17) is 0 Å². The minimum Gasteiger partial charge on any atom is -0.375 e. The van der Waals surface area contributed by atoms with Gasteiger partial charge in [0.05, 0.1) is 27.9 Å². The van der Waals surface area contributed by atoms with Gasteiger partial charge in [0.25, 0.3) is 0 Å². The fraction of sp³-hybridized carbons (Fsp3) is 0.125. The van der Waals surface area contributed by atoms with Gasteiger partial charge in [-0.1, -0.05) is 30.3 Å². The molecular formula is C16H14BrN3S. The molecule has 0 aliphatic carbocycles. The Morgan fingerprint density at radius 3 is 2.38 bits per heavy atom. The molecule has 2 heterocycles. The highest BCUT2D eigenvalue weighted by Gasteiger charge is 2.08. The molecule has 5 heteroatoms. The number of thiophene rings is 1. The molecule has 1 unspecified atom stereocenters. The first-order valence-corrected chi connectivity index (χ1v) is 8.22. The summed E-state index contributed by atoms with van der Waals surface area (Å²) in [7, 11) is 0. The molecule has 0 aliphatic rings. The zero-order chi connectivity index (χ0) is 14.7. The van der Waals surface area contributed by atoms with Crippen molar-refractivity contribution in [3.8, 4) is 11.4 Å². The molecule has 106 valence electrons. The van der Waals surface area contributed by atoms with Crippen LogP contribution in [0, 0.1) is 0 Å². The Hall–Kier alpha value is -1.72. The fourth-order valence-corrected chi connectivity index (χ4v) is 3.45. The van der Waals surface area contributed by atoms with Crippen LogP contribution in [0.2, 0.25) is 0 Å². The van der Waals surface area contributed by atoms with E-state index in [1.807, 2.05) is 42.7 Å². The van der Waals surface area contributed by atoms with Crippen LogP contribution >= 0.6 is 27.3 Å². The number of benzene rings is 1. The average Bonchev–Trinajstić information content (AvgIpc) is 2.96. The van der Waals surface area contributed by atoms with Crippen molar-refractivity contribution in [2.75, 3.05) is 5.32 Å². The molecule has 3 rings (SSSR count). The van der Waals surface area contributed by atoms with E-state index in [0.29, 0.717) is 0 Å². The van der Waals surface area contributed by atoms with Crippen molar-refractivity contribution >= 4 is 33.0 Å². The highest BCUT2D eigenvalue weighted by molar-refractivity contribution is 9.11. The molecule has 0 amide bonds. The Morgan fingerprint density at radius 1 is 1.05 bits per heavy atom. The summed E-state index contributed by atoms with van der Waals surface area (Å²) in [6, 6.07) is 14.4. The Bertz CT molecular complexity index is 710. The van der Waals surface area contributed by atoms with Crippen molar-refractivity contribution < 1.29 is 0 Å². The van der Waals surface area contributed by atoms with Gasteiger partial charge in [-0.2, -0.15) is 0 Å². The van der Waals surface area contributed by atoms with Crippen LogP contribution in [-0.2, 0) is 0 Å². The molecule has 2 aromatic heterocycles. The fourth-order valence-electron chi connectivity index (χ4n) is 2.02. The van der Waals surface area contributed by atoms with Crippen molar-refractivity contribution in [1.29, 1.82) is 0 Å². The summed E-state index contributed by atoms with van der Waals surface area (Å²) in [5.74, 6) is 0.743. The lowest BCUT2D eigenvalue weighted by Gasteiger charge is -2.13. The van der Waals surface area contributed by atoms with E-state index in [0.717, 1.165) is 20.9 Å². The third-order valence-electron chi connectivity index (χ3n) is 3.09. The lowest BCUT2D eigenvalue weighted by Crippen LogP contribution is -2.05. The van der Waals surface area contributed by atoms with Gasteiger partial charge in [0.2, 0.25) is 0 Å². The Balaban J connectivity index is 1.73. The molecular weight excluding hydrogens is 346 g/mol. The van der Waals surface area contributed by atoms with E-state index in [9.17, 15) is 0 Å². The van der Waals surface area contributed by atoms with Gasteiger partial charge in [-0.15, -0.1) is 11.3 Å². The number of nitrogens with one attached hydrogen (secondary N) is 1. The quantitative estimate of drug-likeness (QED) is 0.700. The van der Waals surface area contributed by atoms with Crippen LogP contribution in [0.5, 0.6) is 0 Å². The highest BCUT2D eigenvalue weighted by atomic mass is 79.9. The van der Waals surface area contributed by atoms with E-state index >= 15 is 0 Å². The molecule has 1 aromatic carbocycles. The van der Waals surface area contributed by atoms with Gasteiger partial charge in [0.15, 0.2) is 5.82 Å². The minimum atomic E-state index is 0.229. The zero-order valence-corrected chi connectivity index (χ0v) is 13.9. The van der Waals surface area contributed by atoms with Crippen molar-refractivity contribution in [2.24, 2.45) is 0 Å². The lowest BCUT2D eigenvalue weighted by molar-refractivity contribution is 0.902. The summed E-state index contributed by atoms with van der Waals surface area (Å²) in [6.45, 7) is 2.13. The predicted molar refractivity (Wildman–Crippen MR) is 91.5 cm³/mol. The van der Waals surface area contributed by atoms with Gasteiger partial charge in [0, 0.05) is 10.4 Å². The normalized spacial score (nSPS) is 12.1. The number of aromatic nitrogens is 2. The van der Waals surface area contributed by atoms with Crippen LogP contribution in [0.15, 0.2) is 58.6 Å². The molecule has 21 heavy (non-hydrogen) atoms. The van der Waals surface area contributed by atoms with Gasteiger partial charge >= 0.3 is 0 Å². The molecule has 0 bridgehead atoms. The molecule has 0 spiro atoms. The van der Waals surface area contributed by atoms with Crippen molar-refractivity contribution in [3.63, 3.8) is 0 Å². The Morgan fingerprint density at radius 2 is 1.76 bits per heavy atom. The maximum atomic E-state index is 4.42. The van der Waals surface area contributed by atoms with Gasteiger partial charge in [0.1, 0.15) is 0 Å². The number of halogens is 1. The first-order valence-electron chi connectivity index (χ1n) is 6.61. The van der Waals surface area contributed by atoms with Crippen LogP contribution in [0.4, 0.5) is 5.69 Å². The third kappa shape index (κ3) is 3.49. The summed E-state index contributed by atoms with van der Waals surface area (Å²) < 4.78 is 1.14. The van der Waals surface area contributed by atoms with E-state index in [-0.39, 0.29) is 6.04 Å². The summed E-state index contributed by atoms with van der Waals surface area (Å²) in [4.78, 5) is 10.1. The molecule has 0 fully saturated rings. The van der Waals surface area contributed by atoms with Crippen LogP contribution in [0.1, 0.15) is 17.8 Å². The molecule has 3 aromatic rings. The second-order valence-corrected chi connectivity index (χ2v) is 7.16. The maximum Gasteiger partial charge on any atom is 0.159 e. The molecule has 1 N–H and O–H groups in total. The molecule has 0 aliphatic heterocycles. The highest BCUT2D eigenvalue weighted by Crippen LogP contribution is 2.29. The van der Waals surface area contributed by atoms with Gasteiger partial charge in [-0.05, 0) is 35.0 Å². The van der Waals surface area contributed by atoms with Crippen molar-refractivity contribution in [1.82, 2.24) is 9.97 Å². The van der Waals surface area contributed by atoms with Crippen molar-refractivity contribution in [3.05, 3.63) is 63.5 Å². The second-order valence-electron chi connectivity index (χ2n) is 4.67. The summed E-state index contributed by atoms with van der Waals surface area (Å²) in [6.07, 6.45) is 3.66. The predicted octanol–water partition coefficient (Wildman–Crippen LogP) is 5.14. The molecule has 0 radical (unpaired) electrons. The largest absolute Gasteiger partial charge is 0.375 e. The first kappa shape index (κ1) is 14.2. The standard InChI is InChI=1S/C16H14BrN3S/c1-11(14-7-8-15(17)21-14)20-13-9-18-16(19-10-13)12-5-3-2-4-6-12/h2-11,20H,1H3. The van der Waals surface area contributed by atoms with Crippen LogP contribution in [-0.4, -0.2) is 9.97 Å². The molecule has 0 saturated carbocycles. The Labute approximate surface area is 136 Å². The maximum absolute atomic E-state index is 4.42. The monoisotopic (exact) mass is 359 g/mol. The second kappa shape index (κ2) is 6.37. The van der Waals surface area contributed by atoms with Crippen LogP contribution in [0.3, 0.4) is 0 Å². The number of anilines is 1. The number of hydrogen-bond donors (Lipinski definition) is 1. The number of hydrogen-bond acceptors (Lipinski definition) is 4. The zero-order valence-electron chi connectivity index (χ0n) is 11.5. The third-order valence-corrected chi connectivity index (χ3v) is 4.89. The number of nitrogens with zero attached hydrogens (tertiary/aromatic N) is 2. The summed E-state index contributed by atoms with van der Waals surface area (Å²) in [5.41, 5.74) is 1.95. The van der Waals surface area contributed by atoms with Crippen LogP contribution < -0.4 is 5.32 Å². The van der Waals surface area contributed by atoms with E-state index in [1.54, 1.807) is 11.3 Å². The smallest absolute Gasteiger partial charge is 0.159 e. The SMILES string of the molecule is CC(Nc1cnc(-c2ccccc2)nc1)c1ccc(Br)s1. The van der Waals surface area contributed by atoms with Gasteiger partial charge in [-0.25, -0.2) is 9.97 Å². The summed E-state index contributed by atoms with van der Waals surface area (Å²) in [5, 5.41) is 3.41. The lowest BCUT2D eigenvalue weighted by atomic mass is 10.2. The summed E-state index contributed by atoms with van der Waals surface area (Å²) >= 11 is 5.22. The minimum absolute atomic E-state index is 0.229. The van der Waals surface area contributed by atoms with Crippen LogP contribution in [0.25, 0.3) is 11.4 Å². The van der Waals surface area contributed by atoms with Crippen molar-refractivity contribution in [2.45, 2.75) is 13.0 Å². The average molecular weight is 360 g/mol. The topological polar surface area (TPSA) is 37.8 Å².